The minimum absolute atomic E-state index is 0.0465. The van der Waals surface area contributed by atoms with Gasteiger partial charge in [-0.15, -0.1) is 0 Å². The van der Waals surface area contributed by atoms with Gasteiger partial charge in [0, 0.05) is 31.5 Å². The highest BCUT2D eigenvalue weighted by Crippen LogP contribution is 2.26. The maximum Gasteiger partial charge on any atom is 0.225 e. The number of halogens is 2. The topological polar surface area (TPSA) is 49.4 Å². The molecular formula is C21H28F2N2O2. The van der Waals surface area contributed by atoms with Crippen molar-refractivity contribution in [2.75, 3.05) is 13.1 Å². The van der Waals surface area contributed by atoms with Crippen molar-refractivity contribution in [2.24, 2.45) is 5.92 Å². The van der Waals surface area contributed by atoms with E-state index in [0.717, 1.165) is 56.7 Å². The van der Waals surface area contributed by atoms with E-state index in [1.807, 2.05) is 4.90 Å². The van der Waals surface area contributed by atoms with Gasteiger partial charge < -0.3 is 10.2 Å². The third kappa shape index (κ3) is 5.50. The monoisotopic (exact) mass is 378 g/mol. The first-order chi connectivity index (χ1) is 13.0. The lowest BCUT2D eigenvalue weighted by Gasteiger charge is -2.35. The lowest BCUT2D eigenvalue weighted by molar-refractivity contribution is -0.137. The van der Waals surface area contributed by atoms with E-state index in [0.29, 0.717) is 13.1 Å². The zero-order valence-electron chi connectivity index (χ0n) is 15.7. The molecule has 6 heteroatoms. The summed E-state index contributed by atoms with van der Waals surface area (Å²) in [5.41, 5.74) is 0.220. The van der Waals surface area contributed by atoms with Crippen molar-refractivity contribution in [1.29, 1.82) is 0 Å². The first kappa shape index (κ1) is 19.8. The van der Waals surface area contributed by atoms with Crippen LogP contribution in [0.15, 0.2) is 18.2 Å². The standard InChI is InChI=1S/C21H28F2N2O2/c22-17-7-8-19(23)16(14-17)6-9-20(26)24-18-10-12-25(13-11-18)21(27)15-4-2-1-3-5-15/h7-8,14-15,18H,1-6,9-13H2,(H,24,26). The summed E-state index contributed by atoms with van der Waals surface area (Å²) < 4.78 is 26.8. The second-order valence-electron chi connectivity index (χ2n) is 7.74. The summed E-state index contributed by atoms with van der Waals surface area (Å²) in [4.78, 5) is 26.7. The van der Waals surface area contributed by atoms with Gasteiger partial charge in [0.25, 0.3) is 0 Å². The summed E-state index contributed by atoms with van der Waals surface area (Å²) >= 11 is 0. The molecule has 1 saturated carbocycles. The van der Waals surface area contributed by atoms with Gasteiger partial charge in [-0.1, -0.05) is 19.3 Å². The third-order valence-corrected chi connectivity index (χ3v) is 5.76. The molecule has 0 radical (unpaired) electrons. The summed E-state index contributed by atoms with van der Waals surface area (Å²) in [7, 11) is 0. The number of carbonyl (C=O) groups excluding carboxylic acids is 2. The fraction of sp³-hybridized carbons (Fsp3) is 0.619. The van der Waals surface area contributed by atoms with E-state index in [4.69, 9.17) is 0 Å². The van der Waals surface area contributed by atoms with E-state index in [-0.39, 0.29) is 42.2 Å². The van der Waals surface area contributed by atoms with Crippen LogP contribution in [0.3, 0.4) is 0 Å². The molecule has 0 aromatic heterocycles. The Kier molecular flexibility index (Phi) is 6.80. The molecule has 148 valence electrons. The molecule has 27 heavy (non-hydrogen) atoms. The molecule has 1 aromatic carbocycles. The van der Waals surface area contributed by atoms with Crippen LogP contribution in [0.4, 0.5) is 8.78 Å². The molecule has 2 amide bonds. The van der Waals surface area contributed by atoms with Crippen molar-refractivity contribution in [3.63, 3.8) is 0 Å². The van der Waals surface area contributed by atoms with E-state index in [9.17, 15) is 18.4 Å². The highest BCUT2D eigenvalue weighted by molar-refractivity contribution is 5.79. The summed E-state index contributed by atoms with van der Waals surface area (Å²) in [6, 6.07) is 3.34. The number of rotatable bonds is 5. The van der Waals surface area contributed by atoms with Crippen LogP contribution in [0.2, 0.25) is 0 Å². The molecular weight excluding hydrogens is 350 g/mol. The summed E-state index contributed by atoms with van der Waals surface area (Å²) in [5, 5.41) is 2.97. The lowest BCUT2D eigenvalue weighted by Crippen LogP contribution is -2.48. The van der Waals surface area contributed by atoms with Crippen molar-refractivity contribution >= 4 is 11.8 Å². The van der Waals surface area contributed by atoms with Gasteiger partial charge in [-0.2, -0.15) is 0 Å². The average molecular weight is 378 g/mol. The summed E-state index contributed by atoms with van der Waals surface area (Å²) in [6.07, 6.45) is 7.34. The van der Waals surface area contributed by atoms with Crippen LogP contribution in [-0.2, 0) is 16.0 Å². The first-order valence-corrected chi connectivity index (χ1v) is 10.0. The third-order valence-electron chi connectivity index (χ3n) is 5.76. The molecule has 4 nitrogen and oxygen atoms in total. The summed E-state index contributed by atoms with van der Waals surface area (Å²) in [6.45, 7) is 1.36. The molecule has 0 spiro atoms. The highest BCUT2D eigenvalue weighted by atomic mass is 19.1. The molecule has 1 heterocycles. The Bertz CT molecular complexity index is 666. The zero-order valence-corrected chi connectivity index (χ0v) is 15.7. The number of carbonyl (C=O) groups is 2. The predicted molar refractivity (Wildman–Crippen MR) is 99.0 cm³/mol. The van der Waals surface area contributed by atoms with Crippen molar-refractivity contribution in [2.45, 2.75) is 63.8 Å². The number of aryl methyl sites for hydroxylation is 1. The van der Waals surface area contributed by atoms with E-state index >= 15 is 0 Å². The van der Waals surface area contributed by atoms with E-state index in [1.54, 1.807) is 0 Å². The molecule has 1 aliphatic heterocycles. The Labute approximate surface area is 159 Å². The van der Waals surface area contributed by atoms with Crippen LogP contribution in [-0.4, -0.2) is 35.8 Å². The van der Waals surface area contributed by atoms with Crippen molar-refractivity contribution in [3.05, 3.63) is 35.4 Å². The van der Waals surface area contributed by atoms with Gasteiger partial charge in [0.05, 0.1) is 0 Å². The van der Waals surface area contributed by atoms with Gasteiger partial charge in [0.1, 0.15) is 11.6 Å². The van der Waals surface area contributed by atoms with Gasteiger partial charge in [0.15, 0.2) is 0 Å². The van der Waals surface area contributed by atoms with Crippen LogP contribution in [0, 0.1) is 17.6 Å². The molecule has 0 atom stereocenters. The quantitative estimate of drug-likeness (QED) is 0.851. The fourth-order valence-corrected chi connectivity index (χ4v) is 4.13. The Morgan fingerprint density at radius 2 is 1.74 bits per heavy atom. The Hall–Kier alpha value is -1.98. The van der Waals surface area contributed by atoms with Crippen LogP contribution in [0.5, 0.6) is 0 Å². The molecule has 0 bridgehead atoms. The zero-order chi connectivity index (χ0) is 19.2. The average Bonchev–Trinajstić information content (AvgIpc) is 2.69. The number of hydrogen-bond acceptors (Lipinski definition) is 2. The van der Waals surface area contributed by atoms with Crippen LogP contribution in [0.1, 0.15) is 56.9 Å². The van der Waals surface area contributed by atoms with Gasteiger partial charge >= 0.3 is 0 Å². The van der Waals surface area contributed by atoms with E-state index in [2.05, 4.69) is 5.32 Å². The number of piperidine rings is 1. The van der Waals surface area contributed by atoms with Crippen LogP contribution < -0.4 is 5.32 Å². The van der Waals surface area contributed by atoms with Gasteiger partial charge in [-0.25, -0.2) is 8.78 Å². The predicted octanol–water partition coefficient (Wildman–Crippen LogP) is 3.58. The molecule has 1 saturated heterocycles. The second-order valence-corrected chi connectivity index (χ2v) is 7.74. The molecule has 1 N–H and O–H groups in total. The van der Waals surface area contributed by atoms with E-state index < -0.39 is 11.6 Å². The normalized spacial score (nSPS) is 19.1. The SMILES string of the molecule is O=C(CCc1cc(F)ccc1F)NC1CCN(C(=O)C2CCCCC2)CC1. The van der Waals surface area contributed by atoms with Crippen molar-refractivity contribution < 1.29 is 18.4 Å². The highest BCUT2D eigenvalue weighted by Gasteiger charge is 2.29. The molecule has 1 aromatic rings. The van der Waals surface area contributed by atoms with Gasteiger partial charge in [-0.3, -0.25) is 9.59 Å². The molecule has 2 fully saturated rings. The number of hydrogen-bond donors (Lipinski definition) is 1. The molecule has 2 aliphatic rings. The maximum absolute atomic E-state index is 13.6. The molecule has 1 aliphatic carbocycles. The Morgan fingerprint density at radius 3 is 2.44 bits per heavy atom. The van der Waals surface area contributed by atoms with E-state index in [1.165, 1.54) is 6.42 Å². The van der Waals surface area contributed by atoms with Crippen molar-refractivity contribution in [3.8, 4) is 0 Å². The fourth-order valence-electron chi connectivity index (χ4n) is 4.13. The first-order valence-electron chi connectivity index (χ1n) is 10.0. The largest absolute Gasteiger partial charge is 0.353 e. The van der Waals surface area contributed by atoms with Crippen LogP contribution in [0.25, 0.3) is 0 Å². The smallest absolute Gasteiger partial charge is 0.225 e. The minimum atomic E-state index is -0.498. The number of nitrogens with zero attached hydrogens (tertiary/aromatic N) is 1. The van der Waals surface area contributed by atoms with Gasteiger partial charge in [0.2, 0.25) is 11.8 Å². The number of likely N-dealkylation sites (tertiary alicyclic amines) is 1. The van der Waals surface area contributed by atoms with Crippen molar-refractivity contribution in [1.82, 2.24) is 10.2 Å². The second kappa shape index (κ2) is 9.29. The number of amides is 2. The summed E-state index contributed by atoms with van der Waals surface area (Å²) in [5.74, 6) is -0.677. The Balaban J connectivity index is 1.40. The minimum Gasteiger partial charge on any atom is -0.353 e. The number of nitrogens with one attached hydrogen (secondary N) is 1. The Morgan fingerprint density at radius 1 is 1.04 bits per heavy atom. The lowest BCUT2D eigenvalue weighted by atomic mass is 9.87. The molecule has 3 rings (SSSR count). The molecule has 0 unspecified atom stereocenters. The number of benzene rings is 1. The maximum atomic E-state index is 13.6. The van der Waals surface area contributed by atoms with Gasteiger partial charge in [-0.05, 0) is 55.9 Å². The van der Waals surface area contributed by atoms with Crippen LogP contribution >= 0.6 is 0 Å².